The number of nitrogens with zero attached hydrogens (tertiary/aromatic N) is 2. The SMILES string of the molecule is CCOC(=O)C1CCN(S(=O)(=O)c2cc(N3CCCCS3(=O)=O)ccc2OC)CC1. The van der Waals surface area contributed by atoms with Gasteiger partial charge in [0, 0.05) is 19.6 Å². The van der Waals surface area contributed by atoms with Crippen molar-refractivity contribution in [2.24, 2.45) is 5.92 Å². The highest BCUT2D eigenvalue weighted by Gasteiger charge is 2.35. The molecule has 1 aromatic rings. The van der Waals surface area contributed by atoms with E-state index in [9.17, 15) is 21.6 Å². The minimum Gasteiger partial charge on any atom is -0.495 e. The number of esters is 1. The van der Waals surface area contributed by atoms with Gasteiger partial charge in [-0.15, -0.1) is 0 Å². The van der Waals surface area contributed by atoms with E-state index in [1.807, 2.05) is 0 Å². The Hall–Kier alpha value is -1.85. The molecule has 0 saturated carbocycles. The summed E-state index contributed by atoms with van der Waals surface area (Å²) < 4.78 is 64.4. The Bertz CT molecular complexity index is 984. The molecule has 0 aliphatic carbocycles. The number of sulfonamides is 2. The predicted molar refractivity (Wildman–Crippen MR) is 111 cm³/mol. The van der Waals surface area contributed by atoms with E-state index >= 15 is 0 Å². The highest BCUT2D eigenvalue weighted by molar-refractivity contribution is 7.92. The fourth-order valence-electron chi connectivity index (χ4n) is 3.83. The smallest absolute Gasteiger partial charge is 0.309 e. The van der Waals surface area contributed by atoms with Crippen LogP contribution in [0.3, 0.4) is 0 Å². The quantitative estimate of drug-likeness (QED) is 0.593. The van der Waals surface area contributed by atoms with Crippen molar-refractivity contribution in [3.8, 4) is 5.75 Å². The lowest BCUT2D eigenvalue weighted by Crippen LogP contribution is -2.41. The first-order valence-electron chi connectivity index (χ1n) is 10.1. The third-order valence-corrected chi connectivity index (χ3v) is 9.27. The standard InChI is InChI=1S/C19H28N2O7S2/c1-3-28-19(22)15-8-11-20(12-9-15)30(25,26)18-14-16(6-7-17(18)27-2)21-10-4-5-13-29(21,23)24/h6-7,14-15H,3-5,8-13H2,1-2H3. The molecule has 0 bridgehead atoms. The molecule has 0 spiro atoms. The van der Waals surface area contributed by atoms with Crippen LogP contribution in [0.4, 0.5) is 5.69 Å². The third-order valence-electron chi connectivity index (χ3n) is 5.48. The van der Waals surface area contributed by atoms with Crippen molar-refractivity contribution in [1.82, 2.24) is 4.31 Å². The maximum Gasteiger partial charge on any atom is 0.309 e. The summed E-state index contributed by atoms with van der Waals surface area (Å²) in [4.78, 5) is 11.9. The summed E-state index contributed by atoms with van der Waals surface area (Å²) in [6, 6.07) is 4.42. The number of methoxy groups -OCH3 is 1. The first kappa shape index (κ1) is 22.8. The number of rotatable bonds is 6. The van der Waals surface area contributed by atoms with Crippen molar-refractivity contribution in [2.75, 3.05) is 43.4 Å². The molecular weight excluding hydrogens is 432 g/mol. The number of piperidine rings is 1. The van der Waals surface area contributed by atoms with Gasteiger partial charge < -0.3 is 9.47 Å². The van der Waals surface area contributed by atoms with Crippen molar-refractivity contribution in [3.63, 3.8) is 0 Å². The highest BCUT2D eigenvalue weighted by atomic mass is 32.2. The van der Waals surface area contributed by atoms with Crippen molar-refractivity contribution in [2.45, 2.75) is 37.5 Å². The molecule has 0 atom stereocenters. The van der Waals surface area contributed by atoms with Gasteiger partial charge in [-0.1, -0.05) is 0 Å². The molecule has 0 unspecified atom stereocenters. The molecule has 0 amide bonds. The molecule has 0 N–H and O–H groups in total. The molecule has 9 nitrogen and oxygen atoms in total. The number of carbonyl (C=O) groups excluding carboxylic acids is 1. The van der Waals surface area contributed by atoms with Gasteiger partial charge in [-0.05, 0) is 50.8 Å². The molecule has 2 aliphatic heterocycles. The Kier molecular flexibility index (Phi) is 6.93. The lowest BCUT2D eigenvalue weighted by atomic mass is 9.98. The van der Waals surface area contributed by atoms with Crippen LogP contribution >= 0.6 is 0 Å². The van der Waals surface area contributed by atoms with Crippen molar-refractivity contribution in [3.05, 3.63) is 18.2 Å². The van der Waals surface area contributed by atoms with Gasteiger partial charge in [0.1, 0.15) is 10.6 Å². The maximum atomic E-state index is 13.3. The van der Waals surface area contributed by atoms with Crippen LogP contribution in [-0.2, 0) is 29.6 Å². The van der Waals surface area contributed by atoms with Gasteiger partial charge in [-0.25, -0.2) is 16.8 Å². The lowest BCUT2D eigenvalue weighted by Gasteiger charge is -2.31. The van der Waals surface area contributed by atoms with Crippen LogP contribution < -0.4 is 9.04 Å². The zero-order valence-electron chi connectivity index (χ0n) is 17.2. The van der Waals surface area contributed by atoms with Crippen molar-refractivity contribution >= 4 is 31.7 Å². The first-order valence-corrected chi connectivity index (χ1v) is 13.1. The highest BCUT2D eigenvalue weighted by Crippen LogP contribution is 2.34. The van der Waals surface area contributed by atoms with Crippen LogP contribution in [0.5, 0.6) is 5.75 Å². The van der Waals surface area contributed by atoms with Gasteiger partial charge in [0.2, 0.25) is 20.0 Å². The number of anilines is 1. The molecule has 2 fully saturated rings. The molecule has 3 rings (SSSR count). The van der Waals surface area contributed by atoms with Crippen LogP contribution in [0.2, 0.25) is 0 Å². The molecule has 2 heterocycles. The molecule has 2 saturated heterocycles. The minimum atomic E-state index is -3.93. The van der Waals surface area contributed by atoms with Gasteiger partial charge in [0.05, 0.1) is 31.1 Å². The number of hydrogen-bond acceptors (Lipinski definition) is 7. The fourth-order valence-corrected chi connectivity index (χ4v) is 7.11. The molecule has 0 radical (unpaired) electrons. The fraction of sp³-hybridized carbons (Fsp3) is 0.632. The monoisotopic (exact) mass is 460 g/mol. The largest absolute Gasteiger partial charge is 0.495 e. The topological polar surface area (TPSA) is 110 Å². The van der Waals surface area contributed by atoms with Crippen LogP contribution in [0.1, 0.15) is 32.6 Å². The summed E-state index contributed by atoms with van der Waals surface area (Å²) in [7, 11) is -6.03. The van der Waals surface area contributed by atoms with E-state index in [4.69, 9.17) is 9.47 Å². The molecule has 11 heteroatoms. The molecule has 30 heavy (non-hydrogen) atoms. The second-order valence-corrected chi connectivity index (χ2v) is 11.3. The molecule has 168 valence electrons. The second kappa shape index (κ2) is 9.11. The number of carbonyl (C=O) groups is 1. The molecule has 2 aliphatic rings. The van der Waals surface area contributed by atoms with Crippen LogP contribution in [0, 0.1) is 5.92 Å². The average molecular weight is 461 g/mol. The normalized spacial score (nSPS) is 20.7. The summed E-state index contributed by atoms with van der Waals surface area (Å²) in [5, 5.41) is 0. The Labute approximate surface area is 178 Å². The van der Waals surface area contributed by atoms with E-state index in [1.165, 1.54) is 27.9 Å². The third kappa shape index (κ3) is 4.57. The predicted octanol–water partition coefficient (Wildman–Crippen LogP) is 1.59. The van der Waals surface area contributed by atoms with Crippen LogP contribution in [0.25, 0.3) is 0 Å². The van der Waals surface area contributed by atoms with E-state index < -0.39 is 20.0 Å². The number of ether oxygens (including phenoxy) is 2. The van der Waals surface area contributed by atoms with E-state index in [0.717, 1.165) is 0 Å². The van der Waals surface area contributed by atoms with Gasteiger partial charge >= 0.3 is 5.97 Å². The zero-order valence-corrected chi connectivity index (χ0v) is 18.9. The Morgan fingerprint density at radius 3 is 2.47 bits per heavy atom. The van der Waals surface area contributed by atoms with E-state index in [0.29, 0.717) is 44.5 Å². The van der Waals surface area contributed by atoms with E-state index in [2.05, 4.69) is 0 Å². The van der Waals surface area contributed by atoms with Crippen molar-refractivity contribution < 1.29 is 31.1 Å². The average Bonchev–Trinajstić information content (AvgIpc) is 2.73. The van der Waals surface area contributed by atoms with Crippen LogP contribution in [-0.4, -0.2) is 66.2 Å². The minimum absolute atomic E-state index is 0.0441. The van der Waals surface area contributed by atoms with Gasteiger partial charge in [0.15, 0.2) is 0 Å². The maximum absolute atomic E-state index is 13.3. The van der Waals surface area contributed by atoms with Crippen molar-refractivity contribution in [1.29, 1.82) is 0 Å². The van der Waals surface area contributed by atoms with Gasteiger partial charge in [-0.2, -0.15) is 4.31 Å². The molecular formula is C19H28N2O7S2. The molecule has 1 aromatic carbocycles. The van der Waals surface area contributed by atoms with Gasteiger partial charge in [-0.3, -0.25) is 9.10 Å². The lowest BCUT2D eigenvalue weighted by molar-refractivity contribution is -0.149. The van der Waals surface area contributed by atoms with E-state index in [-0.39, 0.29) is 41.4 Å². The second-order valence-electron chi connectivity index (χ2n) is 7.36. The van der Waals surface area contributed by atoms with E-state index in [1.54, 1.807) is 13.0 Å². The van der Waals surface area contributed by atoms with Gasteiger partial charge in [0.25, 0.3) is 0 Å². The zero-order chi connectivity index (χ0) is 21.9. The summed E-state index contributed by atoms with van der Waals surface area (Å²) >= 11 is 0. The molecule has 0 aromatic heterocycles. The Balaban J connectivity index is 1.87. The van der Waals surface area contributed by atoms with Crippen LogP contribution in [0.15, 0.2) is 23.1 Å². The number of hydrogen-bond donors (Lipinski definition) is 0. The number of benzene rings is 1. The summed E-state index contributed by atoms with van der Waals surface area (Å²) in [5.74, 6) is -0.420. The summed E-state index contributed by atoms with van der Waals surface area (Å²) in [6.07, 6.45) is 2.06. The Morgan fingerprint density at radius 1 is 1.17 bits per heavy atom. The summed E-state index contributed by atoms with van der Waals surface area (Å²) in [5.41, 5.74) is 0.315. The summed E-state index contributed by atoms with van der Waals surface area (Å²) in [6.45, 7) is 2.71. The first-order chi connectivity index (χ1) is 14.2. The Morgan fingerprint density at radius 2 is 1.87 bits per heavy atom.